The highest BCUT2D eigenvalue weighted by atomic mass is 79.9. The van der Waals surface area contributed by atoms with Crippen molar-refractivity contribution in [1.82, 2.24) is 10.6 Å². The van der Waals surface area contributed by atoms with Gasteiger partial charge in [0.15, 0.2) is 0 Å². The van der Waals surface area contributed by atoms with Crippen molar-refractivity contribution in [1.29, 1.82) is 0 Å². The van der Waals surface area contributed by atoms with E-state index in [9.17, 15) is 9.59 Å². The molecule has 21 heavy (non-hydrogen) atoms. The molecule has 0 spiro atoms. The lowest BCUT2D eigenvalue weighted by Crippen LogP contribution is -2.36. The first-order valence-corrected chi connectivity index (χ1v) is 7.29. The minimum absolute atomic E-state index is 0.0399. The third-order valence-electron chi connectivity index (χ3n) is 2.82. The maximum absolute atomic E-state index is 11.8. The van der Waals surface area contributed by atoms with Gasteiger partial charge in [0.05, 0.1) is 6.54 Å². The van der Waals surface area contributed by atoms with Gasteiger partial charge in [-0.3, -0.25) is 9.59 Å². The molecule has 2 aromatic rings. The Morgan fingerprint density at radius 2 is 1.71 bits per heavy atom. The number of benzene rings is 2. The average Bonchev–Trinajstić information content (AvgIpc) is 2.51. The number of carbonyl (C=O) groups excluding carboxylic acids is 2. The van der Waals surface area contributed by atoms with Gasteiger partial charge in [-0.15, -0.1) is 0 Å². The third-order valence-corrected chi connectivity index (χ3v) is 3.32. The van der Waals surface area contributed by atoms with E-state index in [4.69, 9.17) is 0 Å². The van der Waals surface area contributed by atoms with Crippen molar-refractivity contribution in [2.45, 2.75) is 6.54 Å². The summed E-state index contributed by atoms with van der Waals surface area (Å²) >= 11 is 3.38. The second-order valence-electron chi connectivity index (χ2n) is 4.46. The summed E-state index contributed by atoms with van der Waals surface area (Å²) < 4.78 is 0.964. The lowest BCUT2D eigenvalue weighted by atomic mass is 10.2. The Kier molecular flexibility index (Phi) is 5.51. The second kappa shape index (κ2) is 7.59. The summed E-state index contributed by atoms with van der Waals surface area (Å²) in [7, 11) is 0. The van der Waals surface area contributed by atoms with Crippen molar-refractivity contribution < 1.29 is 9.59 Å². The Morgan fingerprint density at radius 1 is 0.952 bits per heavy atom. The van der Waals surface area contributed by atoms with Crippen LogP contribution in [0.25, 0.3) is 0 Å². The summed E-state index contributed by atoms with van der Waals surface area (Å²) in [5.74, 6) is -0.479. The largest absolute Gasteiger partial charge is 0.350 e. The summed E-state index contributed by atoms with van der Waals surface area (Å²) in [5, 5.41) is 5.34. The molecule has 2 N–H and O–H groups in total. The van der Waals surface area contributed by atoms with Crippen molar-refractivity contribution in [2.75, 3.05) is 6.54 Å². The molecule has 0 saturated heterocycles. The van der Waals surface area contributed by atoms with Crippen LogP contribution in [0.3, 0.4) is 0 Å². The standard InChI is InChI=1S/C16H15BrN2O2/c17-14-8-4-5-12(9-14)10-18-15(20)11-19-16(21)13-6-2-1-3-7-13/h1-9H,10-11H2,(H,18,20)(H,19,21). The van der Waals surface area contributed by atoms with Crippen molar-refractivity contribution in [3.63, 3.8) is 0 Å². The van der Waals surface area contributed by atoms with Crippen LogP contribution < -0.4 is 10.6 Å². The summed E-state index contributed by atoms with van der Waals surface area (Å²) in [6.07, 6.45) is 0. The highest BCUT2D eigenvalue weighted by Gasteiger charge is 2.07. The van der Waals surface area contributed by atoms with Crippen LogP contribution in [0.4, 0.5) is 0 Å². The van der Waals surface area contributed by atoms with E-state index in [1.54, 1.807) is 24.3 Å². The predicted octanol–water partition coefficient (Wildman–Crippen LogP) is 2.50. The van der Waals surface area contributed by atoms with Crippen LogP contribution in [-0.2, 0) is 11.3 Å². The minimum Gasteiger partial charge on any atom is -0.350 e. The summed E-state index contributed by atoms with van der Waals surface area (Å²) in [4.78, 5) is 23.5. The number of halogens is 1. The van der Waals surface area contributed by atoms with Crippen molar-refractivity contribution in [2.24, 2.45) is 0 Å². The molecule has 0 heterocycles. The maximum atomic E-state index is 11.8. The van der Waals surface area contributed by atoms with Gasteiger partial charge >= 0.3 is 0 Å². The average molecular weight is 347 g/mol. The molecule has 108 valence electrons. The fourth-order valence-corrected chi connectivity index (χ4v) is 2.21. The molecule has 2 aromatic carbocycles. The second-order valence-corrected chi connectivity index (χ2v) is 5.37. The summed E-state index contributed by atoms with van der Waals surface area (Å²) in [5.41, 5.74) is 1.53. The van der Waals surface area contributed by atoms with Crippen LogP contribution in [-0.4, -0.2) is 18.4 Å². The Hall–Kier alpha value is -2.14. The number of carbonyl (C=O) groups is 2. The number of nitrogens with one attached hydrogen (secondary N) is 2. The van der Waals surface area contributed by atoms with E-state index in [1.807, 2.05) is 30.3 Å². The van der Waals surface area contributed by atoms with E-state index in [-0.39, 0.29) is 18.4 Å². The summed E-state index contributed by atoms with van der Waals surface area (Å²) in [6.45, 7) is 0.390. The molecule has 0 bridgehead atoms. The van der Waals surface area contributed by atoms with Crippen LogP contribution in [0.5, 0.6) is 0 Å². The SMILES string of the molecule is O=C(CNC(=O)c1ccccc1)NCc1cccc(Br)c1. The van der Waals surface area contributed by atoms with Crippen LogP contribution in [0.2, 0.25) is 0 Å². The molecule has 0 saturated carbocycles. The lowest BCUT2D eigenvalue weighted by Gasteiger charge is -2.07. The molecule has 0 atom stereocenters. The van der Waals surface area contributed by atoms with E-state index in [0.717, 1.165) is 10.0 Å². The predicted molar refractivity (Wildman–Crippen MR) is 84.8 cm³/mol. The molecule has 5 heteroatoms. The molecule has 0 aliphatic heterocycles. The monoisotopic (exact) mass is 346 g/mol. The summed E-state index contributed by atoms with van der Waals surface area (Å²) in [6, 6.07) is 16.5. The maximum Gasteiger partial charge on any atom is 0.251 e. The van der Waals surface area contributed by atoms with Crippen molar-refractivity contribution >= 4 is 27.7 Å². The van der Waals surface area contributed by atoms with Gasteiger partial charge in [-0.05, 0) is 29.8 Å². The zero-order chi connectivity index (χ0) is 15.1. The molecule has 0 aliphatic rings. The molecule has 2 amide bonds. The van der Waals surface area contributed by atoms with Crippen LogP contribution in [0.1, 0.15) is 15.9 Å². The highest BCUT2D eigenvalue weighted by molar-refractivity contribution is 9.10. The Balaban J connectivity index is 1.76. The van der Waals surface area contributed by atoms with E-state index in [1.165, 1.54) is 0 Å². The minimum atomic E-state index is -0.256. The lowest BCUT2D eigenvalue weighted by molar-refractivity contribution is -0.120. The van der Waals surface area contributed by atoms with Crippen LogP contribution >= 0.6 is 15.9 Å². The van der Waals surface area contributed by atoms with Gasteiger partial charge in [0, 0.05) is 16.6 Å². The van der Waals surface area contributed by atoms with Gasteiger partial charge in [-0.1, -0.05) is 46.3 Å². The van der Waals surface area contributed by atoms with Gasteiger partial charge < -0.3 is 10.6 Å². The molecule has 0 aromatic heterocycles. The van der Waals surface area contributed by atoms with E-state index < -0.39 is 0 Å². The van der Waals surface area contributed by atoms with E-state index >= 15 is 0 Å². The molecule has 4 nitrogen and oxygen atoms in total. The normalized spacial score (nSPS) is 9.95. The fourth-order valence-electron chi connectivity index (χ4n) is 1.76. The molecular weight excluding hydrogens is 332 g/mol. The Morgan fingerprint density at radius 3 is 2.43 bits per heavy atom. The molecule has 2 rings (SSSR count). The molecule has 0 fully saturated rings. The first-order chi connectivity index (χ1) is 10.1. The number of hydrogen-bond donors (Lipinski definition) is 2. The molecule has 0 radical (unpaired) electrons. The fraction of sp³-hybridized carbons (Fsp3) is 0.125. The zero-order valence-corrected chi connectivity index (χ0v) is 12.9. The third kappa shape index (κ3) is 5.04. The number of amides is 2. The quantitative estimate of drug-likeness (QED) is 0.873. The zero-order valence-electron chi connectivity index (χ0n) is 11.3. The van der Waals surface area contributed by atoms with Crippen molar-refractivity contribution in [3.8, 4) is 0 Å². The molecular formula is C16H15BrN2O2. The number of hydrogen-bond acceptors (Lipinski definition) is 2. The van der Waals surface area contributed by atoms with Crippen LogP contribution in [0, 0.1) is 0 Å². The van der Waals surface area contributed by atoms with Gasteiger partial charge in [0.2, 0.25) is 5.91 Å². The van der Waals surface area contributed by atoms with E-state index in [2.05, 4.69) is 26.6 Å². The molecule has 0 unspecified atom stereocenters. The van der Waals surface area contributed by atoms with Gasteiger partial charge in [-0.25, -0.2) is 0 Å². The van der Waals surface area contributed by atoms with Crippen molar-refractivity contribution in [3.05, 3.63) is 70.2 Å². The van der Waals surface area contributed by atoms with Gasteiger partial charge in [-0.2, -0.15) is 0 Å². The topological polar surface area (TPSA) is 58.2 Å². The van der Waals surface area contributed by atoms with Gasteiger partial charge in [0.25, 0.3) is 5.91 Å². The Labute approximate surface area is 131 Å². The van der Waals surface area contributed by atoms with Crippen LogP contribution in [0.15, 0.2) is 59.1 Å². The molecule has 0 aliphatic carbocycles. The first-order valence-electron chi connectivity index (χ1n) is 6.49. The first kappa shape index (κ1) is 15.3. The van der Waals surface area contributed by atoms with E-state index in [0.29, 0.717) is 12.1 Å². The number of rotatable bonds is 5. The Bertz CT molecular complexity index is 629. The van der Waals surface area contributed by atoms with Gasteiger partial charge in [0.1, 0.15) is 0 Å². The highest BCUT2D eigenvalue weighted by Crippen LogP contribution is 2.11. The smallest absolute Gasteiger partial charge is 0.251 e.